The Morgan fingerprint density at radius 1 is 0.491 bits per heavy atom. The number of esters is 3. The third-order valence-corrected chi connectivity index (χ3v) is 8.27. The predicted octanol–water partition coefficient (Wildman–Crippen LogP) is 6.70. The van der Waals surface area contributed by atoms with Crippen molar-refractivity contribution in [3.8, 4) is 17.2 Å². The second-order valence-corrected chi connectivity index (χ2v) is 12.7. The van der Waals surface area contributed by atoms with Crippen LogP contribution in [0.2, 0.25) is 0 Å². The van der Waals surface area contributed by atoms with Crippen LogP contribution in [-0.2, 0) is 34.0 Å². The highest BCUT2D eigenvalue weighted by atomic mass is 16.8. The first-order chi connectivity index (χ1) is 24.7. The molecule has 0 aliphatic rings. The van der Waals surface area contributed by atoms with Gasteiger partial charge in [0.05, 0.1) is 19.3 Å². The van der Waals surface area contributed by atoms with E-state index in [1.165, 1.54) is 20.8 Å². The molecule has 12 nitrogen and oxygen atoms in total. The lowest BCUT2D eigenvalue weighted by Gasteiger charge is -2.33. The first-order valence-electron chi connectivity index (χ1n) is 16.9. The summed E-state index contributed by atoms with van der Waals surface area (Å²) in [5.41, 5.74) is 1.66. The van der Waals surface area contributed by atoms with Crippen LogP contribution in [0.5, 0.6) is 17.2 Å². The summed E-state index contributed by atoms with van der Waals surface area (Å²) in [5.74, 6) is -8.47. The van der Waals surface area contributed by atoms with Crippen molar-refractivity contribution in [2.75, 3.05) is 0 Å². The van der Waals surface area contributed by atoms with E-state index in [9.17, 15) is 29.7 Å². The zero-order chi connectivity index (χ0) is 39.8. The van der Waals surface area contributed by atoms with E-state index < -0.39 is 41.2 Å². The first-order valence-corrected chi connectivity index (χ1v) is 16.9. The highest BCUT2D eigenvalue weighted by Gasteiger charge is 2.37. The van der Waals surface area contributed by atoms with Crippen LogP contribution in [-0.4, -0.2) is 51.1 Å². The molecule has 3 atom stereocenters. The third kappa shape index (κ3) is 10.6. The van der Waals surface area contributed by atoms with Crippen LogP contribution in [0.3, 0.4) is 0 Å². The second kappa shape index (κ2) is 16.9. The van der Waals surface area contributed by atoms with Crippen molar-refractivity contribution in [1.82, 2.24) is 0 Å². The summed E-state index contributed by atoms with van der Waals surface area (Å²) in [7, 11) is 0. The van der Waals surface area contributed by atoms with E-state index >= 15 is 0 Å². The number of ether oxygens (including phenoxy) is 6. The molecule has 0 amide bonds. The van der Waals surface area contributed by atoms with E-state index in [-0.39, 0.29) is 53.2 Å². The van der Waals surface area contributed by atoms with Gasteiger partial charge in [-0.2, -0.15) is 0 Å². The highest BCUT2D eigenvalue weighted by molar-refractivity contribution is 5.88. The van der Waals surface area contributed by atoms with Crippen molar-refractivity contribution < 1.29 is 58.1 Å². The molecule has 3 aromatic rings. The fourth-order valence-electron chi connectivity index (χ4n) is 4.81. The van der Waals surface area contributed by atoms with E-state index in [0.29, 0.717) is 0 Å². The molecule has 3 aromatic carbocycles. The lowest BCUT2D eigenvalue weighted by Crippen LogP contribution is -2.40. The molecule has 0 aliphatic carbocycles. The van der Waals surface area contributed by atoms with Crippen LogP contribution in [0.25, 0.3) is 0 Å². The minimum Gasteiger partial charge on any atom is -0.430 e. The Labute approximate surface area is 309 Å². The lowest BCUT2D eigenvalue weighted by molar-refractivity contribution is -0.302. The average molecular weight is 733 g/mol. The molecule has 0 aliphatic heterocycles. The van der Waals surface area contributed by atoms with Crippen LogP contribution in [0.4, 0.5) is 0 Å². The summed E-state index contributed by atoms with van der Waals surface area (Å²) in [6, 6.07) is 20.4. The molecule has 0 saturated heterocycles. The molecule has 0 aromatic heterocycles. The van der Waals surface area contributed by atoms with E-state index in [1.54, 1.807) is 93.6 Å². The van der Waals surface area contributed by atoms with Gasteiger partial charge >= 0.3 is 35.8 Å². The maximum absolute atomic E-state index is 12.1. The fraction of sp³-hybridized carbons (Fsp3) is 0.341. The molecular formula is C41H48O12. The second-order valence-electron chi connectivity index (χ2n) is 12.7. The summed E-state index contributed by atoms with van der Waals surface area (Å²) in [4.78, 5) is 36.4. The van der Waals surface area contributed by atoms with Gasteiger partial charge in [0.1, 0.15) is 17.2 Å². The number of rotatable bonds is 18. The van der Waals surface area contributed by atoms with Crippen molar-refractivity contribution in [1.29, 1.82) is 0 Å². The highest BCUT2D eigenvalue weighted by Crippen LogP contribution is 2.41. The molecule has 0 saturated carbocycles. The van der Waals surface area contributed by atoms with Crippen molar-refractivity contribution >= 4 is 17.9 Å². The SMILES string of the molecule is C=C(C)C(=O)OC(O)(CC)Oc1ccc(C(C)(c2ccc(OC(O)(CC)OC(=O)C(=C)C)cc2)c2ccc(OC(O)(CC)OC(=O)C(=C)C)cc2)cc1. The van der Waals surface area contributed by atoms with Gasteiger partial charge in [-0.1, -0.05) is 76.9 Å². The Hall–Kier alpha value is -5.43. The standard InChI is InChI=1S/C41H48O12/c1-11-39(45,51-35(42)26(4)5)48-32-20-14-29(15-21-32)38(10,30-16-22-33(23-17-30)49-40(46,12-2)52-36(43)27(6)7)31-18-24-34(25-19-31)50-41(47,13-3)53-37(44)28(8)9/h14-25,45-47H,4,6,8,11-13H2,1-3,5,7,9-10H3. The molecular weight excluding hydrogens is 684 g/mol. The summed E-state index contributed by atoms with van der Waals surface area (Å²) in [6.45, 7) is 21.7. The van der Waals surface area contributed by atoms with Crippen LogP contribution in [0.1, 0.15) is 84.4 Å². The zero-order valence-corrected chi connectivity index (χ0v) is 31.2. The Bertz CT molecular complexity index is 1600. The molecule has 0 heterocycles. The van der Waals surface area contributed by atoms with E-state index in [4.69, 9.17) is 28.4 Å². The van der Waals surface area contributed by atoms with Gasteiger partial charge < -0.3 is 43.7 Å². The van der Waals surface area contributed by atoms with Crippen molar-refractivity contribution in [2.24, 2.45) is 0 Å². The van der Waals surface area contributed by atoms with Gasteiger partial charge in [-0.15, -0.1) is 0 Å². The monoisotopic (exact) mass is 732 g/mol. The van der Waals surface area contributed by atoms with Crippen LogP contribution in [0.15, 0.2) is 109 Å². The van der Waals surface area contributed by atoms with Gasteiger partial charge in [-0.3, -0.25) is 0 Å². The topological polar surface area (TPSA) is 167 Å². The molecule has 284 valence electrons. The Morgan fingerprint density at radius 2 is 0.698 bits per heavy atom. The predicted molar refractivity (Wildman–Crippen MR) is 195 cm³/mol. The Kier molecular flexibility index (Phi) is 13.4. The summed E-state index contributed by atoms with van der Waals surface area (Å²) >= 11 is 0. The number of benzene rings is 3. The van der Waals surface area contributed by atoms with Gasteiger partial charge in [0.25, 0.3) is 0 Å². The van der Waals surface area contributed by atoms with Gasteiger partial charge in [-0.25, -0.2) is 14.4 Å². The molecule has 0 fully saturated rings. The third-order valence-electron chi connectivity index (χ3n) is 8.27. The van der Waals surface area contributed by atoms with Gasteiger partial charge in [0.2, 0.25) is 0 Å². The molecule has 0 radical (unpaired) electrons. The molecule has 53 heavy (non-hydrogen) atoms. The minimum absolute atomic E-state index is 0.0621. The lowest BCUT2D eigenvalue weighted by atomic mass is 9.71. The Balaban J connectivity index is 2.05. The minimum atomic E-state index is -2.23. The summed E-state index contributed by atoms with van der Waals surface area (Å²) in [5, 5.41) is 32.5. The Morgan fingerprint density at radius 3 is 0.868 bits per heavy atom. The van der Waals surface area contributed by atoms with Crippen molar-refractivity contribution in [3.05, 3.63) is 126 Å². The number of carbonyl (C=O) groups excluding carboxylic acids is 3. The van der Waals surface area contributed by atoms with E-state index in [1.807, 2.05) is 6.92 Å². The van der Waals surface area contributed by atoms with E-state index in [0.717, 1.165) is 16.7 Å². The zero-order valence-electron chi connectivity index (χ0n) is 31.2. The van der Waals surface area contributed by atoms with Crippen LogP contribution >= 0.6 is 0 Å². The first kappa shape index (κ1) is 42.0. The normalized spacial score (nSPS) is 15.5. The molecule has 3 N–H and O–H groups in total. The van der Waals surface area contributed by atoms with Crippen molar-refractivity contribution in [3.63, 3.8) is 0 Å². The van der Waals surface area contributed by atoms with Gasteiger partial charge in [0.15, 0.2) is 0 Å². The van der Waals surface area contributed by atoms with Crippen molar-refractivity contribution in [2.45, 2.75) is 91.1 Å². The maximum Gasteiger partial charge on any atom is 0.371 e. The fourth-order valence-corrected chi connectivity index (χ4v) is 4.81. The van der Waals surface area contributed by atoms with E-state index in [2.05, 4.69) is 19.7 Å². The number of carbonyl (C=O) groups is 3. The smallest absolute Gasteiger partial charge is 0.371 e. The number of hydrogen-bond acceptors (Lipinski definition) is 12. The quantitative estimate of drug-likeness (QED) is 0.0417. The number of aliphatic hydroxyl groups is 3. The van der Waals surface area contributed by atoms with Crippen LogP contribution < -0.4 is 14.2 Å². The summed E-state index contributed by atoms with van der Waals surface area (Å²) in [6.07, 6.45) is -0.186. The molecule has 3 unspecified atom stereocenters. The average Bonchev–Trinajstić information content (AvgIpc) is 3.11. The largest absolute Gasteiger partial charge is 0.430 e. The molecule has 3 rings (SSSR count). The van der Waals surface area contributed by atoms with Gasteiger partial charge in [0, 0.05) is 22.1 Å². The molecule has 12 heteroatoms. The van der Waals surface area contributed by atoms with Crippen LogP contribution in [0, 0.1) is 0 Å². The maximum atomic E-state index is 12.1. The molecule has 0 bridgehead atoms. The number of hydrogen-bond donors (Lipinski definition) is 3. The van der Waals surface area contributed by atoms with Gasteiger partial charge in [-0.05, 0) is 80.8 Å². The molecule has 0 spiro atoms. The summed E-state index contributed by atoms with van der Waals surface area (Å²) < 4.78 is 32.5.